The molecule has 2 N–H and O–H groups in total. The third-order valence-electron chi connectivity index (χ3n) is 4.40. The minimum Gasteiger partial charge on any atom is -0.368 e. The second-order valence-electron chi connectivity index (χ2n) is 6.04. The van der Waals surface area contributed by atoms with E-state index in [2.05, 4.69) is 28.2 Å². The standard InChI is InChI=1S/C20H18N4OS/c1-3-24-18-14(12(2)22-20(21)23-18)11-15(19(24)25)17-10-9-16(26-17)13-7-5-4-6-8-13/h4-11H,3H2,1-2H3,(H2,21,22,23). The first-order valence-electron chi connectivity index (χ1n) is 8.41. The van der Waals surface area contributed by atoms with E-state index >= 15 is 0 Å². The highest BCUT2D eigenvalue weighted by atomic mass is 32.1. The van der Waals surface area contributed by atoms with Crippen LogP contribution in [0.1, 0.15) is 12.6 Å². The van der Waals surface area contributed by atoms with Crippen LogP contribution in [-0.2, 0) is 6.54 Å². The van der Waals surface area contributed by atoms with E-state index < -0.39 is 0 Å². The molecule has 0 unspecified atom stereocenters. The molecule has 0 saturated carbocycles. The van der Waals surface area contributed by atoms with Crippen molar-refractivity contribution in [1.29, 1.82) is 0 Å². The molecular formula is C20H18N4OS. The molecule has 3 heterocycles. The van der Waals surface area contributed by atoms with Gasteiger partial charge in [0.1, 0.15) is 5.65 Å². The molecule has 0 radical (unpaired) electrons. The van der Waals surface area contributed by atoms with Gasteiger partial charge in [-0.25, -0.2) is 4.98 Å². The minimum atomic E-state index is -0.0565. The molecule has 0 spiro atoms. The maximum absolute atomic E-state index is 13.1. The summed E-state index contributed by atoms with van der Waals surface area (Å²) in [7, 11) is 0. The summed E-state index contributed by atoms with van der Waals surface area (Å²) in [6.07, 6.45) is 0. The predicted molar refractivity (Wildman–Crippen MR) is 107 cm³/mol. The van der Waals surface area contributed by atoms with Crippen molar-refractivity contribution in [2.75, 3.05) is 5.73 Å². The van der Waals surface area contributed by atoms with Crippen molar-refractivity contribution in [1.82, 2.24) is 14.5 Å². The number of nitrogen functional groups attached to an aromatic ring is 1. The topological polar surface area (TPSA) is 73.8 Å². The van der Waals surface area contributed by atoms with Crippen LogP contribution < -0.4 is 11.3 Å². The summed E-state index contributed by atoms with van der Waals surface area (Å²) >= 11 is 1.61. The zero-order valence-electron chi connectivity index (χ0n) is 14.6. The van der Waals surface area contributed by atoms with Crippen LogP contribution in [0.2, 0.25) is 0 Å². The van der Waals surface area contributed by atoms with Crippen molar-refractivity contribution in [2.45, 2.75) is 20.4 Å². The lowest BCUT2D eigenvalue weighted by atomic mass is 10.1. The Hall–Kier alpha value is -2.99. The van der Waals surface area contributed by atoms with Crippen LogP contribution in [0.5, 0.6) is 0 Å². The first-order chi connectivity index (χ1) is 12.6. The Morgan fingerprint density at radius 1 is 1.08 bits per heavy atom. The maximum Gasteiger partial charge on any atom is 0.260 e. The number of thiophene rings is 1. The third-order valence-corrected chi connectivity index (χ3v) is 5.57. The number of nitrogens with zero attached hydrogens (tertiary/aromatic N) is 3. The lowest BCUT2D eigenvalue weighted by Gasteiger charge is -2.11. The molecule has 130 valence electrons. The average molecular weight is 362 g/mol. The van der Waals surface area contributed by atoms with Crippen LogP contribution in [0.25, 0.3) is 31.9 Å². The van der Waals surface area contributed by atoms with Crippen LogP contribution in [0, 0.1) is 6.92 Å². The number of aromatic nitrogens is 3. The third kappa shape index (κ3) is 2.68. The van der Waals surface area contributed by atoms with Gasteiger partial charge < -0.3 is 5.73 Å². The molecular weight excluding hydrogens is 344 g/mol. The second kappa shape index (κ2) is 6.38. The van der Waals surface area contributed by atoms with Gasteiger partial charge >= 0.3 is 0 Å². The van der Waals surface area contributed by atoms with Crippen LogP contribution >= 0.6 is 11.3 Å². The number of hydrogen-bond acceptors (Lipinski definition) is 5. The van der Waals surface area contributed by atoms with Crippen molar-refractivity contribution in [3.8, 4) is 20.9 Å². The van der Waals surface area contributed by atoms with Crippen LogP contribution in [-0.4, -0.2) is 14.5 Å². The molecule has 0 aliphatic carbocycles. The highest BCUT2D eigenvalue weighted by Gasteiger charge is 2.15. The van der Waals surface area contributed by atoms with E-state index in [-0.39, 0.29) is 11.5 Å². The van der Waals surface area contributed by atoms with Crippen molar-refractivity contribution >= 4 is 28.3 Å². The highest BCUT2D eigenvalue weighted by molar-refractivity contribution is 7.18. The van der Waals surface area contributed by atoms with Gasteiger partial charge in [-0.3, -0.25) is 9.36 Å². The van der Waals surface area contributed by atoms with Gasteiger partial charge in [-0.05, 0) is 37.6 Å². The summed E-state index contributed by atoms with van der Waals surface area (Å²) in [5, 5.41) is 0.852. The molecule has 0 aliphatic heterocycles. The molecule has 0 atom stereocenters. The smallest absolute Gasteiger partial charge is 0.260 e. The monoisotopic (exact) mass is 362 g/mol. The lowest BCUT2D eigenvalue weighted by Crippen LogP contribution is -2.22. The Morgan fingerprint density at radius 2 is 1.81 bits per heavy atom. The SMILES string of the molecule is CCn1c(=O)c(-c2ccc(-c3ccccc3)s2)cc2c(C)nc(N)nc21. The minimum absolute atomic E-state index is 0.0565. The number of fused-ring (bicyclic) bond motifs is 1. The van der Waals surface area contributed by atoms with E-state index in [9.17, 15) is 4.79 Å². The number of nitrogens with two attached hydrogens (primary N) is 1. The first kappa shape index (κ1) is 16.5. The van der Waals surface area contributed by atoms with Gasteiger partial charge in [-0.15, -0.1) is 11.3 Å². The molecule has 26 heavy (non-hydrogen) atoms. The van der Waals surface area contributed by atoms with Crippen LogP contribution in [0.4, 0.5) is 5.95 Å². The van der Waals surface area contributed by atoms with Crippen molar-refractivity contribution in [3.63, 3.8) is 0 Å². The predicted octanol–water partition coefficient (Wildman–Crippen LogP) is 4.10. The summed E-state index contributed by atoms with van der Waals surface area (Å²) in [6, 6.07) is 16.1. The zero-order chi connectivity index (χ0) is 18.3. The van der Waals surface area contributed by atoms with E-state index in [0.717, 1.165) is 26.4 Å². The van der Waals surface area contributed by atoms with Crippen molar-refractivity contribution < 1.29 is 0 Å². The van der Waals surface area contributed by atoms with Gasteiger partial charge in [-0.1, -0.05) is 30.3 Å². The summed E-state index contributed by atoms with van der Waals surface area (Å²) in [5.74, 6) is 0.187. The van der Waals surface area contributed by atoms with Gasteiger partial charge in [-0.2, -0.15) is 4.98 Å². The largest absolute Gasteiger partial charge is 0.368 e. The number of hydrogen-bond donors (Lipinski definition) is 1. The molecule has 1 aromatic carbocycles. The van der Waals surface area contributed by atoms with E-state index in [1.54, 1.807) is 15.9 Å². The quantitative estimate of drug-likeness (QED) is 0.595. The fourth-order valence-corrected chi connectivity index (χ4v) is 4.14. The summed E-state index contributed by atoms with van der Waals surface area (Å²) < 4.78 is 1.66. The van der Waals surface area contributed by atoms with E-state index in [1.165, 1.54) is 0 Å². The van der Waals surface area contributed by atoms with Gasteiger partial charge in [0.2, 0.25) is 5.95 Å². The maximum atomic E-state index is 13.1. The summed E-state index contributed by atoms with van der Waals surface area (Å²) in [4.78, 5) is 23.7. The van der Waals surface area contributed by atoms with E-state index in [4.69, 9.17) is 5.73 Å². The van der Waals surface area contributed by atoms with Crippen molar-refractivity contribution in [3.05, 3.63) is 64.6 Å². The Morgan fingerprint density at radius 3 is 2.54 bits per heavy atom. The van der Waals surface area contributed by atoms with Gasteiger partial charge in [0.15, 0.2) is 0 Å². The molecule has 4 aromatic rings. The van der Waals surface area contributed by atoms with E-state index in [1.807, 2.05) is 44.2 Å². The van der Waals surface area contributed by atoms with Gasteiger partial charge in [0, 0.05) is 21.7 Å². The molecule has 4 rings (SSSR count). The molecule has 3 aromatic heterocycles. The summed E-state index contributed by atoms with van der Waals surface area (Å²) in [5.41, 5.74) is 8.90. The second-order valence-corrected chi connectivity index (χ2v) is 7.13. The Bertz CT molecular complexity index is 1160. The van der Waals surface area contributed by atoms with Crippen LogP contribution in [0.15, 0.2) is 53.3 Å². The Balaban J connectivity index is 1.94. The fourth-order valence-electron chi connectivity index (χ4n) is 3.12. The number of benzene rings is 1. The van der Waals surface area contributed by atoms with Crippen molar-refractivity contribution in [2.24, 2.45) is 0 Å². The van der Waals surface area contributed by atoms with Gasteiger partial charge in [0.25, 0.3) is 5.56 Å². The number of rotatable bonds is 3. The molecule has 0 bridgehead atoms. The molecule has 0 amide bonds. The normalized spacial score (nSPS) is 11.2. The number of anilines is 1. The highest BCUT2D eigenvalue weighted by Crippen LogP contribution is 2.34. The van der Waals surface area contributed by atoms with Crippen LogP contribution in [0.3, 0.4) is 0 Å². The number of aryl methyl sites for hydroxylation is 2. The fraction of sp³-hybridized carbons (Fsp3) is 0.150. The van der Waals surface area contributed by atoms with Gasteiger partial charge in [0.05, 0.1) is 11.3 Å². The average Bonchev–Trinajstić information content (AvgIpc) is 3.12. The molecule has 6 heteroatoms. The molecule has 5 nitrogen and oxygen atoms in total. The molecule has 0 fully saturated rings. The van der Waals surface area contributed by atoms with E-state index in [0.29, 0.717) is 17.8 Å². The molecule has 0 aliphatic rings. The lowest BCUT2D eigenvalue weighted by molar-refractivity contribution is 0.750. The Labute approximate surface area is 154 Å². The zero-order valence-corrected chi connectivity index (χ0v) is 15.4. The number of pyridine rings is 1. The Kier molecular flexibility index (Phi) is 4.05. The first-order valence-corrected chi connectivity index (χ1v) is 9.23. The molecule has 0 saturated heterocycles. The summed E-state index contributed by atoms with van der Waals surface area (Å²) in [6.45, 7) is 4.34.